The topological polar surface area (TPSA) is 120 Å². The maximum Gasteiger partial charge on any atom is 0.280 e. The number of benzene rings is 1. The SMILES string of the molecule is CCCCc1cc([N+](=O)[O-])cc([N+](=O)[O-])c1C1(C(C)C)CCC(C)CC1(C(C)=O)C(C)=O. The quantitative estimate of drug-likeness (QED) is 0.271. The highest BCUT2D eigenvalue weighted by Gasteiger charge is 2.64. The zero-order valence-electron chi connectivity index (χ0n) is 19.9. The minimum absolute atomic E-state index is 0.103. The standard InChI is InChI=1S/C24H34N2O6/c1-7-8-9-19-12-20(25(29)30)13-21(26(31)32)22(19)23(15(2)3)11-10-16(4)14-24(23,17(5)27)18(6)28/h12-13,15-16H,7-11,14H2,1-6H3. The van der Waals surface area contributed by atoms with Crippen LogP contribution in [0.3, 0.4) is 0 Å². The number of nitro groups is 2. The number of ketones is 2. The van der Waals surface area contributed by atoms with E-state index in [1.54, 1.807) is 0 Å². The van der Waals surface area contributed by atoms with Crippen molar-refractivity contribution in [2.24, 2.45) is 17.3 Å². The Morgan fingerprint density at radius 2 is 1.72 bits per heavy atom. The number of carbonyl (C=O) groups excluding carboxylic acids is 2. The molecule has 1 aliphatic carbocycles. The van der Waals surface area contributed by atoms with Crippen molar-refractivity contribution in [1.82, 2.24) is 0 Å². The number of carbonyl (C=O) groups is 2. The van der Waals surface area contributed by atoms with E-state index in [1.165, 1.54) is 19.9 Å². The molecule has 1 fully saturated rings. The zero-order valence-corrected chi connectivity index (χ0v) is 19.9. The molecule has 8 nitrogen and oxygen atoms in total. The molecule has 0 saturated heterocycles. The summed E-state index contributed by atoms with van der Waals surface area (Å²) in [5, 5.41) is 23.8. The summed E-state index contributed by atoms with van der Waals surface area (Å²) in [7, 11) is 0. The molecule has 0 spiro atoms. The Kier molecular flexibility index (Phi) is 7.58. The number of rotatable bonds is 9. The summed E-state index contributed by atoms with van der Waals surface area (Å²) >= 11 is 0. The first-order valence-corrected chi connectivity index (χ1v) is 11.3. The Bertz CT molecular complexity index is 925. The number of nitro benzene ring substituents is 2. The summed E-state index contributed by atoms with van der Waals surface area (Å²) in [5.74, 6) is -0.757. The van der Waals surface area contributed by atoms with Crippen molar-refractivity contribution in [3.63, 3.8) is 0 Å². The van der Waals surface area contributed by atoms with Crippen molar-refractivity contribution in [3.05, 3.63) is 43.5 Å². The first-order chi connectivity index (χ1) is 14.9. The van der Waals surface area contributed by atoms with Gasteiger partial charge in [-0.15, -0.1) is 0 Å². The summed E-state index contributed by atoms with van der Waals surface area (Å²) in [6.07, 6.45) is 3.35. The minimum atomic E-state index is -1.42. The van der Waals surface area contributed by atoms with Crippen LogP contribution in [0.4, 0.5) is 11.4 Å². The van der Waals surface area contributed by atoms with E-state index in [2.05, 4.69) is 0 Å². The highest BCUT2D eigenvalue weighted by atomic mass is 16.6. The van der Waals surface area contributed by atoms with E-state index < -0.39 is 20.7 Å². The van der Waals surface area contributed by atoms with Crippen LogP contribution in [0.25, 0.3) is 0 Å². The zero-order chi connectivity index (χ0) is 24.4. The molecule has 1 aromatic carbocycles. The van der Waals surface area contributed by atoms with E-state index in [0.717, 1.165) is 12.5 Å². The maximum atomic E-state index is 13.3. The van der Waals surface area contributed by atoms with Gasteiger partial charge in [0.15, 0.2) is 0 Å². The van der Waals surface area contributed by atoms with Crippen LogP contribution < -0.4 is 0 Å². The fourth-order valence-corrected chi connectivity index (χ4v) is 6.06. The molecule has 0 N–H and O–H groups in total. The predicted octanol–water partition coefficient (Wildman–Crippen LogP) is 5.72. The number of non-ortho nitro benzene ring substituents is 1. The molecule has 176 valence electrons. The van der Waals surface area contributed by atoms with Crippen molar-refractivity contribution in [2.45, 2.75) is 85.5 Å². The lowest BCUT2D eigenvalue weighted by Gasteiger charge is -2.55. The summed E-state index contributed by atoms with van der Waals surface area (Å²) in [6.45, 7) is 10.6. The molecule has 32 heavy (non-hydrogen) atoms. The van der Waals surface area contributed by atoms with Gasteiger partial charge in [0.1, 0.15) is 11.6 Å². The lowest BCUT2D eigenvalue weighted by molar-refractivity contribution is -0.395. The molecule has 0 radical (unpaired) electrons. The van der Waals surface area contributed by atoms with Gasteiger partial charge in [0.25, 0.3) is 11.4 Å². The largest absolute Gasteiger partial charge is 0.299 e. The fourth-order valence-electron chi connectivity index (χ4n) is 6.06. The van der Waals surface area contributed by atoms with Gasteiger partial charge in [-0.3, -0.25) is 29.8 Å². The Morgan fingerprint density at radius 1 is 1.12 bits per heavy atom. The van der Waals surface area contributed by atoms with Gasteiger partial charge in [0, 0.05) is 17.0 Å². The minimum Gasteiger partial charge on any atom is -0.299 e. The molecule has 1 saturated carbocycles. The Morgan fingerprint density at radius 3 is 2.16 bits per heavy atom. The van der Waals surface area contributed by atoms with Gasteiger partial charge in [-0.2, -0.15) is 0 Å². The fraction of sp³-hybridized carbons (Fsp3) is 0.667. The third-order valence-electron chi connectivity index (χ3n) is 7.47. The van der Waals surface area contributed by atoms with E-state index in [1.807, 2.05) is 27.7 Å². The smallest absolute Gasteiger partial charge is 0.280 e. The van der Waals surface area contributed by atoms with Gasteiger partial charge in [-0.25, -0.2) is 0 Å². The van der Waals surface area contributed by atoms with Crippen LogP contribution in [0.15, 0.2) is 12.1 Å². The van der Waals surface area contributed by atoms with Gasteiger partial charge in [0.05, 0.1) is 21.3 Å². The van der Waals surface area contributed by atoms with Gasteiger partial charge in [-0.1, -0.05) is 34.1 Å². The van der Waals surface area contributed by atoms with Crippen LogP contribution in [0.1, 0.15) is 84.8 Å². The number of nitrogens with zero attached hydrogens (tertiary/aromatic N) is 2. The second-order valence-electron chi connectivity index (χ2n) is 9.61. The Labute approximate surface area is 189 Å². The first-order valence-electron chi connectivity index (χ1n) is 11.3. The summed E-state index contributed by atoms with van der Waals surface area (Å²) in [5.41, 5.74) is -2.39. The van der Waals surface area contributed by atoms with E-state index in [-0.39, 0.29) is 34.8 Å². The summed E-state index contributed by atoms with van der Waals surface area (Å²) < 4.78 is 0. The van der Waals surface area contributed by atoms with E-state index in [0.29, 0.717) is 43.2 Å². The molecule has 1 aromatic rings. The van der Waals surface area contributed by atoms with Gasteiger partial charge in [0.2, 0.25) is 0 Å². The predicted molar refractivity (Wildman–Crippen MR) is 122 cm³/mol. The molecule has 1 aliphatic rings. The number of hydrogen-bond acceptors (Lipinski definition) is 6. The van der Waals surface area contributed by atoms with Gasteiger partial charge >= 0.3 is 0 Å². The van der Waals surface area contributed by atoms with Gasteiger partial charge < -0.3 is 0 Å². The molecule has 2 atom stereocenters. The van der Waals surface area contributed by atoms with Crippen LogP contribution in [-0.2, 0) is 21.4 Å². The summed E-state index contributed by atoms with van der Waals surface area (Å²) in [6, 6.07) is 2.41. The third kappa shape index (κ3) is 3.95. The Hall–Kier alpha value is -2.64. The Balaban J connectivity index is 3.10. The summed E-state index contributed by atoms with van der Waals surface area (Å²) in [4.78, 5) is 49.2. The van der Waals surface area contributed by atoms with Crippen molar-refractivity contribution < 1.29 is 19.4 Å². The van der Waals surface area contributed by atoms with Crippen LogP contribution >= 0.6 is 0 Å². The lowest BCUT2D eigenvalue weighted by Crippen LogP contribution is -2.60. The maximum absolute atomic E-state index is 13.3. The second-order valence-corrected chi connectivity index (χ2v) is 9.61. The van der Waals surface area contributed by atoms with Crippen LogP contribution in [0.2, 0.25) is 0 Å². The van der Waals surface area contributed by atoms with E-state index in [4.69, 9.17) is 0 Å². The van der Waals surface area contributed by atoms with Crippen LogP contribution in [0.5, 0.6) is 0 Å². The van der Waals surface area contributed by atoms with Crippen molar-refractivity contribution in [3.8, 4) is 0 Å². The monoisotopic (exact) mass is 446 g/mol. The molecule has 0 heterocycles. The molecule has 8 heteroatoms. The first kappa shape index (κ1) is 25.6. The molecular formula is C24H34N2O6. The number of hydrogen-bond donors (Lipinski definition) is 0. The van der Waals surface area contributed by atoms with Crippen molar-refractivity contribution in [2.75, 3.05) is 0 Å². The molecule has 2 rings (SSSR count). The highest BCUT2D eigenvalue weighted by molar-refractivity contribution is 6.07. The molecule has 0 amide bonds. The van der Waals surface area contributed by atoms with Gasteiger partial charge in [-0.05, 0) is 63.4 Å². The molecule has 0 aliphatic heterocycles. The number of Topliss-reactive ketones (excluding diaryl/α,β-unsaturated/α-hetero) is 2. The molecule has 0 aromatic heterocycles. The molecular weight excluding hydrogens is 412 g/mol. The second kappa shape index (κ2) is 9.46. The average Bonchev–Trinajstić information content (AvgIpc) is 2.70. The van der Waals surface area contributed by atoms with Crippen LogP contribution in [-0.4, -0.2) is 21.4 Å². The number of aryl methyl sites for hydroxylation is 1. The van der Waals surface area contributed by atoms with Crippen molar-refractivity contribution >= 4 is 22.9 Å². The van der Waals surface area contributed by atoms with E-state index in [9.17, 15) is 29.8 Å². The van der Waals surface area contributed by atoms with E-state index >= 15 is 0 Å². The number of unbranched alkanes of at least 4 members (excludes halogenated alkanes) is 1. The normalized spacial score (nSPS) is 22.5. The highest BCUT2D eigenvalue weighted by Crippen LogP contribution is 2.61. The van der Waals surface area contributed by atoms with Crippen LogP contribution in [0, 0.1) is 37.5 Å². The molecule has 0 bridgehead atoms. The molecule has 2 unspecified atom stereocenters. The average molecular weight is 447 g/mol. The lowest BCUT2D eigenvalue weighted by atomic mass is 9.44. The van der Waals surface area contributed by atoms with Crippen molar-refractivity contribution in [1.29, 1.82) is 0 Å². The third-order valence-corrected chi connectivity index (χ3v) is 7.47.